The van der Waals surface area contributed by atoms with Crippen molar-refractivity contribution >= 4 is 11.8 Å². The number of dihydropyridines is 1. The molecule has 2 aliphatic rings. The molecule has 172 valence electrons. The van der Waals surface area contributed by atoms with Gasteiger partial charge in [-0.15, -0.1) is 0 Å². The fourth-order valence-corrected chi connectivity index (χ4v) is 4.98. The van der Waals surface area contributed by atoms with Crippen LogP contribution in [-0.4, -0.2) is 33.1 Å². The van der Waals surface area contributed by atoms with Crippen LogP contribution >= 0.6 is 0 Å². The normalized spacial score (nSPS) is 20.2. The van der Waals surface area contributed by atoms with Crippen LogP contribution in [0.25, 0.3) is 0 Å². The molecule has 0 fully saturated rings. The van der Waals surface area contributed by atoms with Crippen LogP contribution in [0.15, 0.2) is 65.0 Å². The van der Waals surface area contributed by atoms with Crippen molar-refractivity contribution in [3.8, 4) is 11.5 Å². The van der Waals surface area contributed by atoms with Gasteiger partial charge in [-0.25, -0.2) is 4.79 Å². The number of Topliss-reactive ketones (excluding diaryl/α,β-unsaturated/α-hetero) is 1. The number of carbonyl (C=O) groups is 2. The third kappa shape index (κ3) is 4.01. The van der Waals surface area contributed by atoms with E-state index in [1.54, 1.807) is 14.2 Å². The van der Waals surface area contributed by atoms with Gasteiger partial charge in [-0.3, -0.25) is 4.79 Å². The Balaban J connectivity index is 1.79. The molecule has 0 unspecified atom stereocenters. The maximum absolute atomic E-state index is 13.6. The molecule has 0 saturated carbocycles. The van der Waals surface area contributed by atoms with E-state index in [-0.39, 0.29) is 11.7 Å². The maximum Gasteiger partial charge on any atom is 0.336 e. The van der Waals surface area contributed by atoms with Crippen molar-refractivity contribution in [2.75, 3.05) is 21.3 Å². The molecule has 0 saturated heterocycles. The highest BCUT2D eigenvalue weighted by molar-refractivity contribution is 6.04. The van der Waals surface area contributed by atoms with Crippen LogP contribution in [0.5, 0.6) is 11.5 Å². The van der Waals surface area contributed by atoms with E-state index in [1.165, 1.54) is 7.11 Å². The van der Waals surface area contributed by atoms with Gasteiger partial charge in [-0.2, -0.15) is 0 Å². The Kier molecular flexibility index (Phi) is 6.27. The van der Waals surface area contributed by atoms with E-state index in [0.717, 1.165) is 28.1 Å². The van der Waals surface area contributed by atoms with Crippen molar-refractivity contribution in [2.45, 2.75) is 38.5 Å². The Morgan fingerprint density at radius 3 is 2.36 bits per heavy atom. The summed E-state index contributed by atoms with van der Waals surface area (Å²) in [6.45, 7) is 3.87. The number of rotatable bonds is 5. The second-order valence-electron chi connectivity index (χ2n) is 8.48. The van der Waals surface area contributed by atoms with Crippen molar-refractivity contribution in [3.63, 3.8) is 0 Å². The quantitative estimate of drug-likeness (QED) is 0.678. The lowest BCUT2D eigenvalue weighted by Crippen LogP contribution is -2.36. The number of hydrogen-bond acceptors (Lipinski definition) is 6. The second-order valence-corrected chi connectivity index (χ2v) is 8.48. The molecule has 0 spiro atoms. The zero-order chi connectivity index (χ0) is 23.7. The van der Waals surface area contributed by atoms with E-state index in [9.17, 15) is 9.59 Å². The summed E-state index contributed by atoms with van der Waals surface area (Å²) in [6.07, 6.45) is 1.01. The summed E-state index contributed by atoms with van der Waals surface area (Å²) < 4.78 is 15.9. The number of esters is 1. The second kappa shape index (κ2) is 9.14. The van der Waals surface area contributed by atoms with Gasteiger partial charge in [0.25, 0.3) is 0 Å². The number of allylic oxidation sites excluding steroid dienone is 3. The number of ether oxygens (including phenoxy) is 3. The monoisotopic (exact) mass is 447 g/mol. The smallest absolute Gasteiger partial charge is 0.336 e. The first-order valence-corrected chi connectivity index (χ1v) is 11.0. The SMILES string of the molecule is COC(=O)C1=C(C)NC2=C(C(=O)C[C@@H](c3ccc(OC)c(OC)c3)C2)[C@H]1c1ccccc1C. The van der Waals surface area contributed by atoms with Gasteiger partial charge in [0.1, 0.15) is 0 Å². The molecule has 33 heavy (non-hydrogen) atoms. The van der Waals surface area contributed by atoms with Gasteiger partial charge in [0, 0.05) is 29.3 Å². The molecule has 1 aliphatic carbocycles. The van der Waals surface area contributed by atoms with Gasteiger partial charge in [0.2, 0.25) is 0 Å². The van der Waals surface area contributed by atoms with Crippen LogP contribution in [0, 0.1) is 6.92 Å². The van der Waals surface area contributed by atoms with Crippen LogP contribution < -0.4 is 14.8 Å². The van der Waals surface area contributed by atoms with E-state index in [0.29, 0.717) is 35.5 Å². The summed E-state index contributed by atoms with van der Waals surface area (Å²) in [7, 11) is 4.58. The van der Waals surface area contributed by atoms with Crippen LogP contribution in [-0.2, 0) is 14.3 Å². The number of aryl methyl sites for hydroxylation is 1. The molecule has 1 N–H and O–H groups in total. The molecule has 0 bridgehead atoms. The highest BCUT2D eigenvalue weighted by Gasteiger charge is 2.41. The van der Waals surface area contributed by atoms with Crippen LogP contribution in [0.2, 0.25) is 0 Å². The minimum absolute atomic E-state index is 0.00597. The van der Waals surface area contributed by atoms with Crippen molar-refractivity contribution in [1.29, 1.82) is 0 Å². The molecule has 0 radical (unpaired) electrons. The molecule has 1 heterocycles. The molecule has 0 amide bonds. The molecule has 0 aromatic heterocycles. The fourth-order valence-electron chi connectivity index (χ4n) is 4.98. The zero-order valence-electron chi connectivity index (χ0n) is 19.7. The van der Waals surface area contributed by atoms with E-state index < -0.39 is 11.9 Å². The molecular weight excluding hydrogens is 418 g/mol. The first-order chi connectivity index (χ1) is 15.9. The molecule has 4 rings (SSSR count). The van der Waals surface area contributed by atoms with E-state index >= 15 is 0 Å². The number of benzene rings is 2. The first kappa shape index (κ1) is 22.6. The van der Waals surface area contributed by atoms with Gasteiger partial charge < -0.3 is 19.5 Å². The number of nitrogens with one attached hydrogen (secondary N) is 1. The van der Waals surface area contributed by atoms with E-state index in [2.05, 4.69) is 5.32 Å². The van der Waals surface area contributed by atoms with Crippen molar-refractivity contribution in [2.24, 2.45) is 0 Å². The third-order valence-corrected chi connectivity index (χ3v) is 6.61. The third-order valence-electron chi connectivity index (χ3n) is 6.61. The van der Waals surface area contributed by atoms with Crippen molar-refractivity contribution < 1.29 is 23.8 Å². The fraction of sp³-hybridized carbons (Fsp3) is 0.333. The molecular formula is C27H29NO5. The summed E-state index contributed by atoms with van der Waals surface area (Å²) in [5, 5.41) is 3.37. The van der Waals surface area contributed by atoms with Crippen LogP contribution in [0.3, 0.4) is 0 Å². The average Bonchev–Trinajstić information content (AvgIpc) is 2.82. The Hall–Kier alpha value is -3.54. The Morgan fingerprint density at radius 2 is 1.70 bits per heavy atom. The highest BCUT2D eigenvalue weighted by atomic mass is 16.5. The lowest BCUT2D eigenvalue weighted by molar-refractivity contribution is -0.136. The Bertz CT molecular complexity index is 1180. The molecule has 2 aromatic carbocycles. The van der Waals surface area contributed by atoms with Gasteiger partial charge in [-0.05, 0) is 55.0 Å². The highest BCUT2D eigenvalue weighted by Crippen LogP contribution is 2.47. The molecule has 6 heteroatoms. The van der Waals surface area contributed by atoms with E-state index in [4.69, 9.17) is 14.2 Å². The number of ketones is 1. The lowest BCUT2D eigenvalue weighted by atomic mass is 9.71. The Morgan fingerprint density at radius 1 is 0.970 bits per heavy atom. The first-order valence-electron chi connectivity index (χ1n) is 11.0. The van der Waals surface area contributed by atoms with E-state index in [1.807, 2.05) is 56.3 Å². The predicted molar refractivity (Wildman–Crippen MR) is 125 cm³/mol. The van der Waals surface area contributed by atoms with Gasteiger partial charge in [0.15, 0.2) is 17.3 Å². The number of methoxy groups -OCH3 is 3. The van der Waals surface area contributed by atoms with Gasteiger partial charge in [-0.1, -0.05) is 30.3 Å². The topological polar surface area (TPSA) is 73.9 Å². The maximum atomic E-state index is 13.6. The zero-order valence-corrected chi connectivity index (χ0v) is 19.7. The van der Waals surface area contributed by atoms with Gasteiger partial charge >= 0.3 is 5.97 Å². The Labute approximate surface area is 194 Å². The standard InChI is InChI=1S/C27H29NO5/c1-15-8-6-7-9-19(15)25-24(27(30)33-5)16(2)28-20-12-18(13-21(29)26(20)25)17-10-11-22(31-3)23(14-17)32-4/h6-11,14,18,25,28H,12-13H2,1-5H3/t18-,25-/m0/s1. The number of hydrogen-bond donors (Lipinski definition) is 1. The summed E-state index contributed by atoms with van der Waals surface area (Å²) in [4.78, 5) is 26.4. The van der Waals surface area contributed by atoms with Crippen LogP contribution in [0.1, 0.15) is 48.3 Å². The summed E-state index contributed by atoms with van der Waals surface area (Å²) in [5.41, 5.74) is 5.72. The van der Waals surface area contributed by atoms with Crippen molar-refractivity contribution in [3.05, 3.63) is 81.7 Å². The largest absolute Gasteiger partial charge is 0.493 e. The molecule has 2 atom stereocenters. The summed E-state index contributed by atoms with van der Waals surface area (Å²) in [6, 6.07) is 13.7. The minimum atomic E-state index is -0.450. The predicted octanol–water partition coefficient (Wildman–Crippen LogP) is 4.55. The minimum Gasteiger partial charge on any atom is -0.493 e. The van der Waals surface area contributed by atoms with Crippen LogP contribution in [0.4, 0.5) is 0 Å². The summed E-state index contributed by atoms with van der Waals surface area (Å²) >= 11 is 0. The molecule has 6 nitrogen and oxygen atoms in total. The van der Waals surface area contributed by atoms with Crippen molar-refractivity contribution in [1.82, 2.24) is 5.32 Å². The molecule has 1 aliphatic heterocycles. The average molecular weight is 448 g/mol. The van der Waals surface area contributed by atoms with Gasteiger partial charge in [0.05, 0.1) is 26.9 Å². The number of carbonyl (C=O) groups excluding carboxylic acids is 2. The molecule has 2 aromatic rings. The summed E-state index contributed by atoms with van der Waals surface area (Å²) in [5.74, 6) is 0.448. The lowest BCUT2D eigenvalue weighted by Gasteiger charge is -2.37.